The van der Waals surface area contributed by atoms with E-state index in [-0.39, 0.29) is 52.6 Å². The van der Waals surface area contributed by atoms with Crippen LogP contribution in [0.2, 0.25) is 0 Å². The molecule has 0 bridgehead atoms. The second kappa shape index (κ2) is 9.24. The van der Waals surface area contributed by atoms with E-state index in [2.05, 4.69) is 23.6 Å². The molecular formula is C12H15Cl2OSTi-. The van der Waals surface area contributed by atoms with Gasteiger partial charge < -0.3 is 4.74 Å². The Morgan fingerprint density at radius 1 is 1.35 bits per heavy atom. The average molecular weight is 326 g/mol. The summed E-state index contributed by atoms with van der Waals surface area (Å²) in [5.41, 5.74) is 1.18. The largest absolute Gasteiger partial charge is 0.502 e. The Bertz CT molecular complexity index is 386. The third-order valence-corrected chi connectivity index (χ3v) is 2.86. The van der Waals surface area contributed by atoms with Gasteiger partial charge in [0.25, 0.3) is 0 Å². The van der Waals surface area contributed by atoms with Crippen LogP contribution in [0.5, 0.6) is 5.75 Å². The zero-order valence-corrected chi connectivity index (χ0v) is 13.7. The molecule has 0 fully saturated rings. The van der Waals surface area contributed by atoms with E-state index in [1.165, 1.54) is 10.5 Å². The van der Waals surface area contributed by atoms with Crippen molar-refractivity contribution < 1.29 is 26.5 Å². The van der Waals surface area contributed by atoms with E-state index in [1.54, 1.807) is 11.3 Å². The molecule has 0 saturated carbocycles. The van der Waals surface area contributed by atoms with Crippen LogP contribution in [0, 0.1) is 6.08 Å². The van der Waals surface area contributed by atoms with Gasteiger partial charge in [-0.1, -0.05) is 6.42 Å². The summed E-state index contributed by atoms with van der Waals surface area (Å²) < 4.78 is 5.71. The molecule has 1 heterocycles. The van der Waals surface area contributed by atoms with E-state index in [0.717, 1.165) is 12.2 Å². The molecule has 0 N–H and O–H groups in total. The Kier molecular flexibility index (Phi) is 10.7. The first kappa shape index (κ1) is 19.6. The van der Waals surface area contributed by atoms with Crippen molar-refractivity contribution >= 4 is 41.7 Å². The standard InChI is InChI=1S/C12H13OS.2ClH.Ti/c1-9(2)13-11-7-8-14-12(11)10-5-3-4-6-10;;;/h3,5,7-9H,4H2,1-2H3;2*1H;/q-1;;;. The van der Waals surface area contributed by atoms with Gasteiger partial charge in [0.1, 0.15) is 0 Å². The fourth-order valence-electron chi connectivity index (χ4n) is 1.40. The monoisotopic (exact) mass is 325 g/mol. The quantitative estimate of drug-likeness (QED) is 0.586. The predicted octanol–water partition coefficient (Wildman–Crippen LogP) is 4.52. The Hall–Kier alpha value is 0.274. The van der Waals surface area contributed by atoms with Crippen LogP contribution in [0.1, 0.15) is 25.1 Å². The van der Waals surface area contributed by atoms with Crippen molar-refractivity contribution in [3.63, 3.8) is 0 Å². The minimum atomic E-state index is 0. The minimum Gasteiger partial charge on any atom is -0.502 e. The summed E-state index contributed by atoms with van der Waals surface area (Å²) >= 11 is 1.71. The molecule has 0 radical (unpaired) electrons. The maximum absolute atomic E-state index is 5.71. The van der Waals surface area contributed by atoms with Gasteiger partial charge in [-0.15, -0.1) is 30.9 Å². The molecule has 1 nitrogen and oxygen atoms in total. The SMILES string of the molecule is CC(C)Oc1ccsc1C1=[C-]CC=C1.Cl.Cl.[Ti]. The second-order valence-corrected chi connectivity index (χ2v) is 4.39. The van der Waals surface area contributed by atoms with E-state index in [0.29, 0.717) is 0 Å². The molecule has 94 valence electrons. The summed E-state index contributed by atoms with van der Waals surface area (Å²) in [7, 11) is 0. The van der Waals surface area contributed by atoms with Crippen molar-refractivity contribution in [2.75, 3.05) is 0 Å². The van der Waals surface area contributed by atoms with Crippen molar-refractivity contribution in [3.05, 3.63) is 34.6 Å². The third kappa shape index (κ3) is 5.19. The van der Waals surface area contributed by atoms with Crippen LogP contribution in [0.4, 0.5) is 0 Å². The number of allylic oxidation sites excluding steroid dienone is 4. The Labute approximate surface area is 134 Å². The number of thiophene rings is 1. The second-order valence-electron chi connectivity index (χ2n) is 3.48. The van der Waals surface area contributed by atoms with Gasteiger partial charge in [0.05, 0.1) is 11.9 Å². The third-order valence-electron chi connectivity index (χ3n) is 1.93. The molecule has 0 unspecified atom stereocenters. The average Bonchev–Trinajstić information content (AvgIpc) is 2.70. The van der Waals surface area contributed by atoms with Crippen LogP contribution in [0.3, 0.4) is 0 Å². The summed E-state index contributed by atoms with van der Waals surface area (Å²) in [5.74, 6) is 0.985. The summed E-state index contributed by atoms with van der Waals surface area (Å²) in [6.07, 6.45) is 8.69. The molecule has 0 amide bonds. The molecule has 0 aliphatic heterocycles. The van der Waals surface area contributed by atoms with Crippen molar-refractivity contribution in [1.29, 1.82) is 0 Å². The summed E-state index contributed by atoms with van der Waals surface area (Å²) in [6, 6.07) is 2.03. The molecule has 1 aliphatic carbocycles. The normalized spacial score (nSPS) is 12.3. The van der Waals surface area contributed by atoms with Gasteiger partial charge in [0.2, 0.25) is 0 Å². The molecule has 1 aromatic heterocycles. The van der Waals surface area contributed by atoms with Gasteiger partial charge in [-0.25, -0.2) is 11.3 Å². The first-order valence-electron chi connectivity index (χ1n) is 4.79. The molecule has 1 aliphatic rings. The number of halogens is 2. The molecule has 2 rings (SSSR count). The first-order chi connectivity index (χ1) is 6.77. The summed E-state index contributed by atoms with van der Waals surface area (Å²) in [5, 5.41) is 2.06. The van der Waals surface area contributed by atoms with Crippen LogP contribution in [-0.2, 0) is 21.7 Å². The smallest absolute Gasteiger partial charge is 0.0916 e. The van der Waals surface area contributed by atoms with Crippen molar-refractivity contribution in [2.45, 2.75) is 26.4 Å². The molecule has 5 heteroatoms. The van der Waals surface area contributed by atoms with Gasteiger partial charge in [0.15, 0.2) is 0 Å². The Morgan fingerprint density at radius 3 is 2.59 bits per heavy atom. The summed E-state index contributed by atoms with van der Waals surface area (Å²) in [4.78, 5) is 1.20. The van der Waals surface area contributed by atoms with Crippen LogP contribution in [0.25, 0.3) is 5.57 Å². The number of rotatable bonds is 3. The zero-order valence-electron chi connectivity index (χ0n) is 9.73. The van der Waals surface area contributed by atoms with Gasteiger partial charge in [0, 0.05) is 21.7 Å². The van der Waals surface area contributed by atoms with Crippen molar-refractivity contribution in [2.24, 2.45) is 0 Å². The van der Waals surface area contributed by atoms with Gasteiger partial charge >= 0.3 is 0 Å². The molecule has 0 saturated heterocycles. The Morgan fingerprint density at radius 2 is 2.06 bits per heavy atom. The molecular weight excluding hydrogens is 311 g/mol. The van der Waals surface area contributed by atoms with Crippen LogP contribution in [0.15, 0.2) is 23.6 Å². The van der Waals surface area contributed by atoms with E-state index in [4.69, 9.17) is 4.74 Å². The zero-order chi connectivity index (χ0) is 9.97. The minimum absolute atomic E-state index is 0. The molecule has 0 aromatic carbocycles. The van der Waals surface area contributed by atoms with Gasteiger partial charge in [-0.2, -0.15) is 17.7 Å². The fraction of sp³-hybridized carbons (Fsp3) is 0.333. The predicted molar refractivity (Wildman–Crippen MR) is 75.0 cm³/mol. The van der Waals surface area contributed by atoms with Gasteiger partial charge in [-0.05, 0) is 30.2 Å². The number of hydrogen-bond donors (Lipinski definition) is 0. The molecule has 0 atom stereocenters. The molecule has 0 spiro atoms. The van der Waals surface area contributed by atoms with E-state index in [1.807, 2.05) is 19.9 Å². The van der Waals surface area contributed by atoms with Gasteiger partial charge in [-0.3, -0.25) is 0 Å². The van der Waals surface area contributed by atoms with Crippen molar-refractivity contribution in [1.82, 2.24) is 0 Å². The van der Waals surface area contributed by atoms with E-state index in [9.17, 15) is 0 Å². The Balaban J connectivity index is 0. The number of hydrogen-bond acceptors (Lipinski definition) is 2. The topological polar surface area (TPSA) is 9.23 Å². The van der Waals surface area contributed by atoms with Crippen LogP contribution >= 0.6 is 36.2 Å². The molecule has 17 heavy (non-hydrogen) atoms. The fourth-order valence-corrected chi connectivity index (χ4v) is 2.23. The maximum Gasteiger partial charge on any atom is 0.0916 e. The molecule has 1 aromatic rings. The van der Waals surface area contributed by atoms with Crippen molar-refractivity contribution in [3.8, 4) is 5.75 Å². The van der Waals surface area contributed by atoms with Crippen LogP contribution < -0.4 is 4.74 Å². The number of ether oxygens (including phenoxy) is 1. The first-order valence-corrected chi connectivity index (χ1v) is 5.67. The maximum atomic E-state index is 5.71. The summed E-state index contributed by atoms with van der Waals surface area (Å²) in [6.45, 7) is 4.09. The van der Waals surface area contributed by atoms with Crippen LogP contribution in [-0.4, -0.2) is 6.10 Å². The van der Waals surface area contributed by atoms with E-state index < -0.39 is 0 Å². The van der Waals surface area contributed by atoms with E-state index >= 15 is 0 Å².